The Morgan fingerprint density at radius 3 is 3.05 bits per heavy atom. The van der Waals surface area contributed by atoms with Gasteiger partial charge in [0, 0.05) is 16.8 Å². The molecule has 1 aliphatic rings. The lowest BCUT2D eigenvalue weighted by molar-refractivity contribution is -0.116. The van der Waals surface area contributed by atoms with Crippen molar-refractivity contribution < 1.29 is 9.53 Å². The minimum atomic E-state index is -0.0451. The summed E-state index contributed by atoms with van der Waals surface area (Å²) in [4.78, 5) is 11.8. The molecule has 1 heterocycles. The Hall–Kier alpha value is -1.47. The van der Waals surface area contributed by atoms with E-state index in [1.165, 1.54) is 24.2 Å². The summed E-state index contributed by atoms with van der Waals surface area (Å²) in [5.41, 5.74) is 0. The Morgan fingerprint density at radius 1 is 1.41 bits per heavy atom. The number of nitrogens with zero attached hydrogens (tertiary/aromatic N) is 2. The number of hydrogen-bond acceptors (Lipinski definition) is 5. The van der Waals surface area contributed by atoms with Crippen molar-refractivity contribution in [1.29, 1.82) is 0 Å². The molecule has 2 aromatic rings. The third-order valence-electron chi connectivity index (χ3n) is 3.23. The van der Waals surface area contributed by atoms with Gasteiger partial charge in [0.05, 0.1) is 6.61 Å². The van der Waals surface area contributed by atoms with E-state index in [1.54, 1.807) is 0 Å². The van der Waals surface area contributed by atoms with Gasteiger partial charge >= 0.3 is 0 Å². The van der Waals surface area contributed by atoms with Gasteiger partial charge in [0.1, 0.15) is 10.8 Å². The molecule has 22 heavy (non-hydrogen) atoms. The molecule has 5 nitrogen and oxygen atoms in total. The van der Waals surface area contributed by atoms with Gasteiger partial charge in [-0.05, 0) is 37.5 Å². The van der Waals surface area contributed by atoms with E-state index >= 15 is 0 Å². The topological polar surface area (TPSA) is 64.1 Å². The van der Waals surface area contributed by atoms with Crippen molar-refractivity contribution >= 4 is 38.3 Å². The van der Waals surface area contributed by atoms with Crippen LogP contribution in [0.25, 0.3) is 0 Å². The highest BCUT2D eigenvalue weighted by Crippen LogP contribution is 2.42. The third-order valence-corrected chi connectivity index (χ3v) is 4.72. The largest absolute Gasteiger partial charge is 0.494 e. The average Bonchev–Trinajstić information content (AvgIpc) is 3.24. The lowest BCUT2D eigenvalue weighted by atomic mass is 10.3. The van der Waals surface area contributed by atoms with E-state index in [1.807, 2.05) is 24.3 Å². The molecular weight excluding hydrogens is 366 g/mol. The lowest BCUT2D eigenvalue weighted by Crippen LogP contribution is -2.12. The second-order valence-corrected chi connectivity index (χ2v) is 7.10. The number of anilines is 1. The molecule has 0 bridgehead atoms. The molecule has 0 aliphatic heterocycles. The van der Waals surface area contributed by atoms with Gasteiger partial charge in [-0.15, -0.1) is 10.2 Å². The summed E-state index contributed by atoms with van der Waals surface area (Å²) in [6, 6.07) is 7.66. The number of amides is 1. The molecule has 1 aromatic heterocycles. The van der Waals surface area contributed by atoms with Crippen molar-refractivity contribution in [2.75, 3.05) is 11.9 Å². The summed E-state index contributed by atoms with van der Waals surface area (Å²) in [7, 11) is 0. The molecule has 1 saturated carbocycles. The quantitative estimate of drug-likeness (QED) is 0.736. The first-order valence-corrected chi connectivity index (χ1v) is 8.83. The maximum absolute atomic E-state index is 11.8. The van der Waals surface area contributed by atoms with Gasteiger partial charge in [0.25, 0.3) is 0 Å². The summed E-state index contributed by atoms with van der Waals surface area (Å²) in [5.74, 6) is 1.33. The van der Waals surface area contributed by atoms with Crippen LogP contribution in [0.1, 0.15) is 36.6 Å². The van der Waals surface area contributed by atoms with Gasteiger partial charge in [-0.25, -0.2) is 0 Å². The van der Waals surface area contributed by atoms with Crippen molar-refractivity contribution in [2.45, 2.75) is 31.6 Å². The summed E-state index contributed by atoms with van der Waals surface area (Å²) in [6.07, 6.45) is 3.45. The number of carbonyl (C=O) groups excluding carboxylic acids is 1. The van der Waals surface area contributed by atoms with E-state index in [2.05, 4.69) is 31.4 Å². The molecule has 116 valence electrons. The van der Waals surface area contributed by atoms with Crippen LogP contribution < -0.4 is 10.1 Å². The van der Waals surface area contributed by atoms with E-state index in [0.29, 0.717) is 30.5 Å². The first-order valence-electron chi connectivity index (χ1n) is 7.22. The minimum absolute atomic E-state index is 0.0451. The van der Waals surface area contributed by atoms with Gasteiger partial charge in [-0.1, -0.05) is 33.3 Å². The van der Waals surface area contributed by atoms with Crippen molar-refractivity contribution in [3.8, 4) is 5.75 Å². The molecule has 0 unspecified atom stereocenters. The van der Waals surface area contributed by atoms with E-state index in [-0.39, 0.29) is 5.91 Å². The van der Waals surface area contributed by atoms with Gasteiger partial charge in [-0.2, -0.15) is 0 Å². The monoisotopic (exact) mass is 381 g/mol. The fourth-order valence-corrected chi connectivity index (χ4v) is 3.25. The number of aromatic nitrogens is 2. The average molecular weight is 382 g/mol. The Morgan fingerprint density at radius 2 is 2.27 bits per heavy atom. The van der Waals surface area contributed by atoms with Gasteiger partial charge < -0.3 is 10.1 Å². The Bertz CT molecular complexity index is 658. The van der Waals surface area contributed by atoms with Gasteiger partial charge in [0.15, 0.2) is 0 Å². The van der Waals surface area contributed by atoms with Crippen molar-refractivity contribution in [1.82, 2.24) is 10.2 Å². The van der Waals surface area contributed by atoms with Crippen LogP contribution in [0.5, 0.6) is 5.75 Å². The molecule has 1 N–H and O–H groups in total. The van der Waals surface area contributed by atoms with E-state index < -0.39 is 0 Å². The first kappa shape index (κ1) is 15.4. The van der Waals surface area contributed by atoms with Gasteiger partial charge in [0.2, 0.25) is 11.0 Å². The fourth-order valence-electron chi connectivity index (χ4n) is 1.94. The Labute approximate surface area is 141 Å². The molecule has 7 heteroatoms. The number of nitrogens with one attached hydrogen (secondary N) is 1. The molecule has 0 spiro atoms. The predicted molar refractivity (Wildman–Crippen MR) is 89.4 cm³/mol. The highest BCUT2D eigenvalue weighted by molar-refractivity contribution is 9.10. The minimum Gasteiger partial charge on any atom is -0.494 e. The van der Waals surface area contributed by atoms with E-state index in [4.69, 9.17) is 4.74 Å². The summed E-state index contributed by atoms with van der Waals surface area (Å²) in [6.45, 7) is 0.507. The highest BCUT2D eigenvalue weighted by Gasteiger charge is 2.27. The van der Waals surface area contributed by atoms with Crippen LogP contribution in [0.3, 0.4) is 0 Å². The molecule has 1 fully saturated rings. The van der Waals surface area contributed by atoms with Crippen LogP contribution in [0.15, 0.2) is 28.7 Å². The smallest absolute Gasteiger partial charge is 0.226 e. The number of benzene rings is 1. The second-order valence-electron chi connectivity index (χ2n) is 5.18. The van der Waals surface area contributed by atoms with Crippen LogP contribution in [0, 0.1) is 0 Å². The zero-order chi connectivity index (χ0) is 15.4. The van der Waals surface area contributed by atoms with E-state index in [9.17, 15) is 4.79 Å². The van der Waals surface area contributed by atoms with Crippen LogP contribution in [-0.2, 0) is 4.79 Å². The molecule has 1 amide bonds. The number of ether oxygens (including phenoxy) is 1. The van der Waals surface area contributed by atoms with E-state index in [0.717, 1.165) is 15.2 Å². The van der Waals surface area contributed by atoms with Crippen molar-refractivity contribution in [3.05, 3.63) is 33.7 Å². The Balaban J connectivity index is 1.36. The number of halogens is 1. The first-order chi connectivity index (χ1) is 10.7. The lowest BCUT2D eigenvalue weighted by Gasteiger charge is -2.06. The molecule has 1 aromatic carbocycles. The maximum Gasteiger partial charge on any atom is 0.226 e. The van der Waals surface area contributed by atoms with Crippen LogP contribution in [0.2, 0.25) is 0 Å². The molecule has 1 aliphatic carbocycles. The zero-order valence-electron chi connectivity index (χ0n) is 11.9. The number of hydrogen-bond donors (Lipinski definition) is 1. The highest BCUT2D eigenvalue weighted by atomic mass is 79.9. The van der Waals surface area contributed by atoms with Crippen LogP contribution in [-0.4, -0.2) is 22.7 Å². The Kier molecular flexibility index (Phi) is 5.04. The molecule has 0 saturated heterocycles. The second kappa shape index (κ2) is 7.19. The summed E-state index contributed by atoms with van der Waals surface area (Å²) >= 11 is 4.87. The normalized spacial score (nSPS) is 13.9. The predicted octanol–water partition coefficient (Wildman–Crippen LogP) is 3.98. The molecule has 3 rings (SSSR count). The third kappa shape index (κ3) is 4.51. The number of rotatable bonds is 7. The van der Waals surface area contributed by atoms with Crippen molar-refractivity contribution in [3.63, 3.8) is 0 Å². The van der Waals surface area contributed by atoms with Crippen LogP contribution in [0.4, 0.5) is 5.13 Å². The van der Waals surface area contributed by atoms with Gasteiger partial charge in [-0.3, -0.25) is 4.79 Å². The summed E-state index contributed by atoms with van der Waals surface area (Å²) < 4.78 is 6.57. The standard InChI is InChI=1S/C15H16BrN3O2S/c16-11-3-1-4-12(9-11)21-8-2-5-13(20)17-15-19-18-14(22-15)10-6-7-10/h1,3-4,9-10H,2,5-8H2,(H,17,19,20). The van der Waals surface area contributed by atoms with Crippen molar-refractivity contribution in [2.24, 2.45) is 0 Å². The molecule has 0 atom stereocenters. The molecular formula is C15H16BrN3O2S. The fraction of sp³-hybridized carbons (Fsp3) is 0.400. The molecule has 0 radical (unpaired) electrons. The number of carbonyl (C=O) groups is 1. The van der Waals surface area contributed by atoms with Crippen LogP contribution >= 0.6 is 27.3 Å². The zero-order valence-corrected chi connectivity index (χ0v) is 14.3. The summed E-state index contributed by atoms with van der Waals surface area (Å²) in [5, 5.41) is 12.5. The maximum atomic E-state index is 11.8. The SMILES string of the molecule is O=C(CCCOc1cccc(Br)c1)Nc1nnc(C2CC2)s1.